The summed E-state index contributed by atoms with van der Waals surface area (Å²) in [5, 5.41) is 0. The van der Waals surface area contributed by atoms with Crippen LogP contribution >= 0.6 is 0 Å². The zero-order chi connectivity index (χ0) is 13.3. The molecule has 1 unspecified atom stereocenters. The van der Waals surface area contributed by atoms with Gasteiger partial charge in [0.1, 0.15) is 17.0 Å². The van der Waals surface area contributed by atoms with E-state index in [2.05, 4.69) is 0 Å². The average molecular weight is 239 g/mol. The van der Waals surface area contributed by atoms with Gasteiger partial charge in [-0.1, -0.05) is 12.1 Å². The third-order valence-electron chi connectivity index (χ3n) is 2.25. The number of hydrogen-bond donors (Lipinski definition) is 1. The summed E-state index contributed by atoms with van der Waals surface area (Å²) in [6.07, 6.45) is 0. The Balaban J connectivity index is 2.99. The van der Waals surface area contributed by atoms with Crippen molar-refractivity contribution >= 4 is 5.97 Å². The summed E-state index contributed by atoms with van der Waals surface area (Å²) in [5.41, 5.74) is 4.34. The topological polar surface area (TPSA) is 52.3 Å². The van der Waals surface area contributed by atoms with Crippen LogP contribution in [0.5, 0.6) is 0 Å². The first-order valence-corrected chi connectivity index (χ1v) is 5.41. The van der Waals surface area contributed by atoms with Crippen molar-refractivity contribution in [2.75, 3.05) is 0 Å². The van der Waals surface area contributed by atoms with Crippen molar-refractivity contribution in [3.8, 4) is 0 Å². The van der Waals surface area contributed by atoms with Crippen LogP contribution in [0.1, 0.15) is 33.3 Å². The van der Waals surface area contributed by atoms with Crippen molar-refractivity contribution in [2.45, 2.75) is 38.8 Å². The summed E-state index contributed by atoms with van der Waals surface area (Å²) in [4.78, 5) is 11.9. The van der Waals surface area contributed by atoms with Crippen LogP contribution < -0.4 is 5.73 Å². The highest BCUT2D eigenvalue weighted by Gasteiger charge is 2.35. The van der Waals surface area contributed by atoms with Crippen LogP contribution in [0, 0.1) is 5.82 Å². The Labute approximate surface area is 101 Å². The fourth-order valence-electron chi connectivity index (χ4n) is 1.31. The molecule has 94 valence electrons. The van der Waals surface area contributed by atoms with Gasteiger partial charge in [0.2, 0.25) is 0 Å². The van der Waals surface area contributed by atoms with Gasteiger partial charge in [0.15, 0.2) is 0 Å². The zero-order valence-electron chi connectivity index (χ0n) is 10.6. The Morgan fingerprint density at radius 2 is 1.88 bits per heavy atom. The van der Waals surface area contributed by atoms with Crippen LogP contribution in [0.2, 0.25) is 0 Å². The molecule has 0 saturated heterocycles. The minimum atomic E-state index is -1.35. The Morgan fingerprint density at radius 3 is 2.35 bits per heavy atom. The van der Waals surface area contributed by atoms with Gasteiger partial charge in [-0.05, 0) is 45.4 Å². The standard InChI is InChI=1S/C13H18FNO2/c1-12(2,3)17-11(16)13(4,15)9-6-5-7-10(14)8-9/h5-8H,15H2,1-4H3. The normalized spacial score (nSPS) is 15.2. The second kappa shape index (κ2) is 4.45. The van der Waals surface area contributed by atoms with Crippen LogP contribution in [-0.2, 0) is 15.1 Å². The summed E-state index contributed by atoms with van der Waals surface area (Å²) in [5.74, 6) is -1.00. The summed E-state index contributed by atoms with van der Waals surface area (Å²) in [7, 11) is 0. The van der Waals surface area contributed by atoms with Crippen LogP contribution in [0.25, 0.3) is 0 Å². The molecule has 1 rings (SSSR count). The summed E-state index contributed by atoms with van der Waals surface area (Å²) >= 11 is 0. The van der Waals surface area contributed by atoms with Crippen molar-refractivity contribution in [3.63, 3.8) is 0 Å². The van der Waals surface area contributed by atoms with Crippen molar-refractivity contribution in [1.29, 1.82) is 0 Å². The minimum absolute atomic E-state index is 0.395. The first kappa shape index (κ1) is 13.6. The lowest BCUT2D eigenvalue weighted by Gasteiger charge is -2.28. The van der Waals surface area contributed by atoms with Gasteiger partial charge in [0.05, 0.1) is 0 Å². The molecule has 17 heavy (non-hydrogen) atoms. The zero-order valence-corrected chi connectivity index (χ0v) is 10.6. The highest BCUT2D eigenvalue weighted by molar-refractivity contribution is 5.82. The SMILES string of the molecule is CC(C)(C)OC(=O)C(C)(N)c1cccc(F)c1. The Bertz CT molecular complexity index is 422. The number of benzene rings is 1. The largest absolute Gasteiger partial charge is 0.458 e. The third-order valence-corrected chi connectivity index (χ3v) is 2.25. The molecule has 0 bridgehead atoms. The number of esters is 1. The molecule has 0 fully saturated rings. The summed E-state index contributed by atoms with van der Waals surface area (Å²) in [6, 6.07) is 5.66. The molecule has 1 atom stereocenters. The lowest BCUT2D eigenvalue weighted by molar-refractivity contribution is -0.161. The molecule has 0 aliphatic heterocycles. The fourth-order valence-corrected chi connectivity index (χ4v) is 1.31. The van der Waals surface area contributed by atoms with E-state index in [1.54, 1.807) is 26.8 Å². The second-order valence-electron chi connectivity index (χ2n) is 5.21. The number of halogens is 1. The quantitative estimate of drug-likeness (QED) is 0.806. The van der Waals surface area contributed by atoms with Crippen LogP contribution in [0.4, 0.5) is 4.39 Å². The monoisotopic (exact) mass is 239 g/mol. The lowest BCUT2D eigenvalue weighted by Crippen LogP contribution is -2.45. The van der Waals surface area contributed by atoms with Gasteiger partial charge in [-0.15, -0.1) is 0 Å². The molecule has 1 aromatic carbocycles. The number of carbonyl (C=O) groups is 1. The van der Waals surface area contributed by atoms with Crippen LogP contribution in [0.15, 0.2) is 24.3 Å². The maximum Gasteiger partial charge on any atom is 0.331 e. The molecule has 0 aliphatic rings. The fraction of sp³-hybridized carbons (Fsp3) is 0.462. The van der Waals surface area contributed by atoms with E-state index in [9.17, 15) is 9.18 Å². The molecule has 3 nitrogen and oxygen atoms in total. The maximum atomic E-state index is 13.1. The van der Waals surface area contributed by atoms with E-state index in [1.165, 1.54) is 25.1 Å². The molecular formula is C13H18FNO2. The molecule has 0 amide bonds. The van der Waals surface area contributed by atoms with Gasteiger partial charge in [0.25, 0.3) is 0 Å². The van der Waals surface area contributed by atoms with E-state index in [1.807, 2.05) is 0 Å². The van der Waals surface area contributed by atoms with Gasteiger partial charge < -0.3 is 10.5 Å². The van der Waals surface area contributed by atoms with Crippen molar-refractivity contribution in [3.05, 3.63) is 35.6 Å². The van der Waals surface area contributed by atoms with Gasteiger partial charge >= 0.3 is 5.97 Å². The maximum absolute atomic E-state index is 13.1. The van der Waals surface area contributed by atoms with E-state index < -0.39 is 22.9 Å². The van der Waals surface area contributed by atoms with Crippen molar-refractivity contribution in [2.24, 2.45) is 5.73 Å². The molecule has 4 heteroatoms. The predicted molar refractivity (Wildman–Crippen MR) is 63.8 cm³/mol. The third kappa shape index (κ3) is 3.53. The lowest BCUT2D eigenvalue weighted by atomic mass is 9.93. The summed E-state index contributed by atoms with van der Waals surface area (Å²) in [6.45, 7) is 6.78. The Hall–Kier alpha value is -1.42. The first-order valence-electron chi connectivity index (χ1n) is 5.41. The van der Waals surface area contributed by atoms with E-state index in [4.69, 9.17) is 10.5 Å². The highest BCUT2D eigenvalue weighted by atomic mass is 19.1. The van der Waals surface area contributed by atoms with E-state index in [-0.39, 0.29) is 0 Å². The number of carbonyl (C=O) groups excluding carboxylic acids is 1. The minimum Gasteiger partial charge on any atom is -0.458 e. The molecule has 2 N–H and O–H groups in total. The second-order valence-corrected chi connectivity index (χ2v) is 5.21. The molecule has 0 radical (unpaired) electrons. The Kier molecular flexibility index (Phi) is 3.57. The van der Waals surface area contributed by atoms with E-state index in [0.29, 0.717) is 5.56 Å². The van der Waals surface area contributed by atoms with Gasteiger partial charge in [-0.25, -0.2) is 9.18 Å². The first-order chi connectivity index (χ1) is 7.63. The van der Waals surface area contributed by atoms with Gasteiger partial charge in [-0.2, -0.15) is 0 Å². The molecule has 0 aliphatic carbocycles. The molecule has 0 aromatic heterocycles. The van der Waals surface area contributed by atoms with Crippen LogP contribution in [-0.4, -0.2) is 11.6 Å². The number of ether oxygens (including phenoxy) is 1. The Morgan fingerprint density at radius 1 is 1.29 bits per heavy atom. The summed E-state index contributed by atoms with van der Waals surface area (Å²) < 4.78 is 18.3. The van der Waals surface area contributed by atoms with Gasteiger partial charge in [0, 0.05) is 0 Å². The molecule has 0 spiro atoms. The number of rotatable bonds is 2. The smallest absolute Gasteiger partial charge is 0.331 e. The number of hydrogen-bond acceptors (Lipinski definition) is 3. The molecular weight excluding hydrogens is 221 g/mol. The molecule has 1 aromatic rings. The van der Waals surface area contributed by atoms with Crippen molar-refractivity contribution in [1.82, 2.24) is 0 Å². The van der Waals surface area contributed by atoms with Crippen molar-refractivity contribution < 1.29 is 13.9 Å². The van der Waals surface area contributed by atoms with Gasteiger partial charge in [-0.3, -0.25) is 0 Å². The van der Waals surface area contributed by atoms with E-state index in [0.717, 1.165) is 0 Å². The van der Waals surface area contributed by atoms with Crippen LogP contribution in [0.3, 0.4) is 0 Å². The van der Waals surface area contributed by atoms with E-state index >= 15 is 0 Å². The predicted octanol–water partition coefficient (Wildman–Crippen LogP) is 2.34. The number of nitrogens with two attached hydrogens (primary N) is 1. The molecule has 0 heterocycles. The average Bonchev–Trinajstić information content (AvgIpc) is 2.15. The highest BCUT2D eigenvalue weighted by Crippen LogP contribution is 2.22. The molecule has 0 saturated carbocycles.